The summed E-state index contributed by atoms with van der Waals surface area (Å²) in [5.41, 5.74) is 5.40. The molecule has 0 amide bonds. The van der Waals surface area contributed by atoms with Gasteiger partial charge >= 0.3 is 0 Å². The molecule has 3 rings (SSSR count). The number of hydrogen-bond acceptors (Lipinski definition) is 5. The van der Waals surface area contributed by atoms with Crippen LogP contribution in [0.3, 0.4) is 0 Å². The zero-order chi connectivity index (χ0) is 14.8. The fourth-order valence-electron chi connectivity index (χ4n) is 3.17. The van der Waals surface area contributed by atoms with Crippen LogP contribution in [-0.4, -0.2) is 48.7 Å². The van der Waals surface area contributed by atoms with Crippen molar-refractivity contribution in [3.8, 4) is 5.75 Å². The number of ether oxygens (including phenoxy) is 1. The standard InChI is InChI=1S/C15H22ClN3OS/c1-19-3-5-21-9-14(19)13(18-17)8-11-7-12(16)6-10-2-4-20-15(10)11/h6-7,13-14,18H,2-5,8-9,17H2,1H3. The lowest BCUT2D eigenvalue weighted by atomic mass is 9.97. The first-order valence-corrected chi connectivity index (χ1v) is 8.90. The lowest BCUT2D eigenvalue weighted by molar-refractivity contribution is 0.213. The van der Waals surface area contributed by atoms with E-state index < -0.39 is 0 Å². The molecule has 0 spiro atoms. The van der Waals surface area contributed by atoms with Crippen LogP contribution in [0, 0.1) is 0 Å². The topological polar surface area (TPSA) is 50.5 Å². The van der Waals surface area contributed by atoms with Gasteiger partial charge in [0.05, 0.1) is 6.61 Å². The first kappa shape index (κ1) is 15.4. The summed E-state index contributed by atoms with van der Waals surface area (Å²) in [6.45, 7) is 1.86. The Labute approximate surface area is 135 Å². The molecular formula is C15H22ClN3OS. The summed E-state index contributed by atoms with van der Waals surface area (Å²) in [5.74, 6) is 9.16. The van der Waals surface area contributed by atoms with E-state index in [0.29, 0.717) is 6.04 Å². The van der Waals surface area contributed by atoms with Gasteiger partial charge in [-0.05, 0) is 36.7 Å². The number of nitrogens with zero attached hydrogens (tertiary/aromatic N) is 1. The van der Waals surface area contributed by atoms with Gasteiger partial charge in [0.25, 0.3) is 0 Å². The van der Waals surface area contributed by atoms with Crippen LogP contribution in [0.4, 0.5) is 0 Å². The fraction of sp³-hybridized carbons (Fsp3) is 0.600. The third-order valence-electron chi connectivity index (χ3n) is 4.39. The number of hydrogen-bond donors (Lipinski definition) is 2. The van der Waals surface area contributed by atoms with Crippen LogP contribution < -0.4 is 16.0 Å². The van der Waals surface area contributed by atoms with Crippen LogP contribution in [0.25, 0.3) is 0 Å². The quantitative estimate of drug-likeness (QED) is 0.651. The monoisotopic (exact) mass is 327 g/mol. The Morgan fingerprint density at radius 3 is 3.19 bits per heavy atom. The smallest absolute Gasteiger partial charge is 0.125 e. The third kappa shape index (κ3) is 3.32. The van der Waals surface area contributed by atoms with Gasteiger partial charge in [0.1, 0.15) is 5.75 Å². The largest absolute Gasteiger partial charge is 0.493 e. The van der Waals surface area contributed by atoms with E-state index in [2.05, 4.69) is 17.4 Å². The van der Waals surface area contributed by atoms with Crippen molar-refractivity contribution in [2.45, 2.75) is 24.9 Å². The van der Waals surface area contributed by atoms with Crippen molar-refractivity contribution >= 4 is 23.4 Å². The van der Waals surface area contributed by atoms with Crippen LogP contribution in [0.5, 0.6) is 5.75 Å². The van der Waals surface area contributed by atoms with Crippen LogP contribution in [0.1, 0.15) is 11.1 Å². The number of fused-ring (bicyclic) bond motifs is 1. The Bertz CT molecular complexity index is 514. The molecule has 1 aromatic carbocycles. The van der Waals surface area contributed by atoms with Crippen molar-refractivity contribution in [2.75, 3.05) is 31.7 Å². The maximum absolute atomic E-state index is 6.25. The van der Waals surface area contributed by atoms with Crippen molar-refractivity contribution in [1.29, 1.82) is 0 Å². The lowest BCUT2D eigenvalue weighted by Crippen LogP contribution is -2.55. The average molecular weight is 328 g/mol. The van der Waals surface area contributed by atoms with E-state index in [1.54, 1.807) is 0 Å². The number of rotatable bonds is 4. The molecule has 1 saturated heterocycles. The minimum Gasteiger partial charge on any atom is -0.493 e. The number of nitrogens with one attached hydrogen (secondary N) is 1. The molecule has 0 aliphatic carbocycles. The van der Waals surface area contributed by atoms with E-state index in [0.717, 1.165) is 42.5 Å². The highest BCUT2D eigenvalue weighted by atomic mass is 35.5. The molecule has 2 atom stereocenters. The van der Waals surface area contributed by atoms with Crippen LogP contribution >= 0.6 is 23.4 Å². The second-order valence-electron chi connectivity index (χ2n) is 5.75. The molecule has 0 radical (unpaired) electrons. The summed E-state index contributed by atoms with van der Waals surface area (Å²) in [6, 6.07) is 4.67. The maximum Gasteiger partial charge on any atom is 0.125 e. The number of nitrogens with two attached hydrogens (primary N) is 1. The molecule has 1 aromatic rings. The Morgan fingerprint density at radius 2 is 2.43 bits per heavy atom. The molecular weight excluding hydrogens is 306 g/mol. The lowest BCUT2D eigenvalue weighted by Gasteiger charge is -2.37. The minimum absolute atomic E-state index is 0.203. The predicted molar refractivity (Wildman–Crippen MR) is 89.2 cm³/mol. The normalized spacial score (nSPS) is 23.7. The molecule has 1 fully saturated rings. The van der Waals surface area contributed by atoms with Gasteiger partial charge in [-0.3, -0.25) is 11.3 Å². The van der Waals surface area contributed by atoms with Crippen molar-refractivity contribution < 1.29 is 4.74 Å². The number of benzene rings is 1. The van der Waals surface area contributed by atoms with Gasteiger partial charge in [0, 0.05) is 41.6 Å². The zero-order valence-corrected chi connectivity index (χ0v) is 13.8. The highest BCUT2D eigenvalue weighted by Crippen LogP contribution is 2.34. The molecule has 116 valence electrons. The second-order valence-corrected chi connectivity index (χ2v) is 7.34. The van der Waals surface area contributed by atoms with Gasteiger partial charge in [0.2, 0.25) is 0 Å². The van der Waals surface area contributed by atoms with E-state index >= 15 is 0 Å². The van der Waals surface area contributed by atoms with Gasteiger partial charge in [-0.25, -0.2) is 0 Å². The van der Waals surface area contributed by atoms with Crippen LogP contribution in [0.15, 0.2) is 12.1 Å². The Balaban J connectivity index is 1.81. The molecule has 4 nitrogen and oxygen atoms in total. The first-order valence-electron chi connectivity index (χ1n) is 7.37. The number of hydrazine groups is 1. The van der Waals surface area contributed by atoms with Crippen LogP contribution in [-0.2, 0) is 12.8 Å². The summed E-state index contributed by atoms with van der Waals surface area (Å²) in [5, 5.41) is 0.788. The predicted octanol–water partition coefficient (Wildman–Crippen LogP) is 1.70. The number of likely N-dealkylation sites (N-methyl/N-ethyl adjacent to an activating group) is 1. The minimum atomic E-state index is 0.203. The fourth-order valence-corrected chi connectivity index (χ4v) is 4.75. The van der Waals surface area contributed by atoms with Crippen molar-refractivity contribution in [3.63, 3.8) is 0 Å². The summed E-state index contributed by atoms with van der Waals surface area (Å²) in [4.78, 5) is 2.40. The van der Waals surface area contributed by atoms with E-state index in [4.69, 9.17) is 22.2 Å². The summed E-state index contributed by atoms with van der Waals surface area (Å²) in [7, 11) is 2.17. The summed E-state index contributed by atoms with van der Waals surface area (Å²) in [6.07, 6.45) is 1.79. The van der Waals surface area contributed by atoms with E-state index in [-0.39, 0.29) is 6.04 Å². The van der Waals surface area contributed by atoms with Gasteiger partial charge in [0.15, 0.2) is 0 Å². The SMILES string of the molecule is CN1CCSCC1C(Cc1cc(Cl)cc2c1OCC2)NN. The average Bonchev–Trinajstić information content (AvgIpc) is 2.93. The number of thioether (sulfide) groups is 1. The van der Waals surface area contributed by atoms with Crippen molar-refractivity contribution in [2.24, 2.45) is 5.84 Å². The van der Waals surface area contributed by atoms with E-state index in [1.807, 2.05) is 23.9 Å². The molecule has 2 aliphatic rings. The highest BCUT2D eigenvalue weighted by Gasteiger charge is 2.29. The Hall–Kier alpha value is -0.460. The second kappa shape index (κ2) is 6.75. The highest BCUT2D eigenvalue weighted by molar-refractivity contribution is 7.99. The maximum atomic E-state index is 6.25. The van der Waals surface area contributed by atoms with Crippen molar-refractivity contribution in [1.82, 2.24) is 10.3 Å². The molecule has 2 unspecified atom stereocenters. The van der Waals surface area contributed by atoms with Gasteiger partial charge in [-0.1, -0.05) is 11.6 Å². The molecule has 2 aliphatic heterocycles. The third-order valence-corrected chi connectivity index (χ3v) is 5.65. The molecule has 0 bridgehead atoms. The molecule has 21 heavy (non-hydrogen) atoms. The Morgan fingerprint density at radius 1 is 1.57 bits per heavy atom. The van der Waals surface area contributed by atoms with Gasteiger partial charge in [-0.15, -0.1) is 0 Å². The van der Waals surface area contributed by atoms with Crippen LogP contribution in [0.2, 0.25) is 5.02 Å². The molecule has 0 aromatic heterocycles. The molecule has 6 heteroatoms. The van der Waals surface area contributed by atoms with E-state index in [9.17, 15) is 0 Å². The summed E-state index contributed by atoms with van der Waals surface area (Å²) < 4.78 is 5.80. The number of halogens is 1. The summed E-state index contributed by atoms with van der Waals surface area (Å²) >= 11 is 8.24. The van der Waals surface area contributed by atoms with Gasteiger partial charge in [-0.2, -0.15) is 11.8 Å². The molecule has 0 saturated carbocycles. The zero-order valence-electron chi connectivity index (χ0n) is 12.3. The van der Waals surface area contributed by atoms with E-state index in [1.165, 1.54) is 16.9 Å². The molecule has 3 N–H and O–H groups in total. The molecule has 2 heterocycles. The van der Waals surface area contributed by atoms with Gasteiger partial charge < -0.3 is 9.64 Å². The van der Waals surface area contributed by atoms with Crippen molar-refractivity contribution in [3.05, 3.63) is 28.3 Å². The Kier molecular flexibility index (Phi) is 4.96. The first-order chi connectivity index (χ1) is 10.2.